The second kappa shape index (κ2) is 8.94. The summed E-state index contributed by atoms with van der Waals surface area (Å²) in [7, 11) is 0. The van der Waals surface area contributed by atoms with Crippen LogP contribution in [-0.2, 0) is 5.41 Å². The van der Waals surface area contributed by atoms with E-state index in [-0.39, 0.29) is 5.41 Å². The van der Waals surface area contributed by atoms with Gasteiger partial charge in [0.2, 0.25) is 0 Å². The number of thiophene rings is 1. The zero-order valence-electron chi connectivity index (χ0n) is 25.1. The zero-order chi connectivity index (χ0) is 29.9. The molecule has 0 atom stereocenters. The van der Waals surface area contributed by atoms with E-state index in [0.29, 0.717) is 0 Å². The fourth-order valence-corrected chi connectivity index (χ4v) is 9.27. The lowest BCUT2D eigenvalue weighted by atomic mass is 9.82. The maximum atomic E-state index is 2.53. The van der Waals surface area contributed by atoms with Crippen molar-refractivity contribution in [2.75, 3.05) is 4.90 Å². The quantitative estimate of drug-likeness (QED) is 0.185. The summed E-state index contributed by atoms with van der Waals surface area (Å²) in [5, 5.41) is 10.5. The number of benzene rings is 8. The van der Waals surface area contributed by atoms with Crippen LogP contribution in [0.25, 0.3) is 63.6 Å². The van der Waals surface area contributed by atoms with Crippen molar-refractivity contribution in [3.05, 3.63) is 151 Å². The third-order valence-electron chi connectivity index (χ3n) is 10.2. The standard InChI is InChI=1S/C43H29NS/c1-43(2)35-14-5-3-11-30(35)31-23-21-29(25-36(31)43)44(38-15-8-13-33-32-12-4-6-16-39(32)45-42(33)38)37-24-20-28-18-17-26-9-7-10-27-19-22-34(37)41(28)40(26)27/h3-25H,1-2H3. The van der Waals surface area contributed by atoms with Gasteiger partial charge in [-0.3, -0.25) is 0 Å². The molecule has 1 nitrogen and oxygen atoms in total. The van der Waals surface area contributed by atoms with Crippen LogP contribution in [0.1, 0.15) is 25.0 Å². The van der Waals surface area contributed by atoms with Gasteiger partial charge in [-0.1, -0.05) is 123 Å². The normalized spacial score (nSPS) is 13.7. The van der Waals surface area contributed by atoms with Crippen LogP contribution >= 0.6 is 11.3 Å². The Balaban J connectivity index is 1.31. The molecular weight excluding hydrogens is 563 g/mol. The largest absolute Gasteiger partial charge is 0.308 e. The monoisotopic (exact) mass is 591 g/mol. The summed E-state index contributed by atoms with van der Waals surface area (Å²) in [6.07, 6.45) is 0. The lowest BCUT2D eigenvalue weighted by Crippen LogP contribution is -2.16. The average Bonchev–Trinajstić information content (AvgIpc) is 3.57. The van der Waals surface area contributed by atoms with E-state index in [9.17, 15) is 0 Å². The molecule has 9 aromatic rings. The third-order valence-corrected chi connectivity index (χ3v) is 11.4. The lowest BCUT2D eigenvalue weighted by molar-refractivity contribution is 0.660. The van der Waals surface area contributed by atoms with Crippen LogP contribution in [0.2, 0.25) is 0 Å². The van der Waals surface area contributed by atoms with Crippen molar-refractivity contribution < 1.29 is 0 Å². The first kappa shape index (κ1) is 25.2. The van der Waals surface area contributed by atoms with Crippen LogP contribution in [0.15, 0.2) is 140 Å². The zero-order valence-corrected chi connectivity index (χ0v) is 26.0. The minimum absolute atomic E-state index is 0.0834. The van der Waals surface area contributed by atoms with E-state index in [1.54, 1.807) is 0 Å². The predicted octanol–water partition coefficient (Wildman–Crippen LogP) is 12.7. The molecule has 0 aliphatic heterocycles. The first-order chi connectivity index (χ1) is 22.1. The fraction of sp³-hybridized carbons (Fsp3) is 0.0698. The summed E-state index contributed by atoms with van der Waals surface area (Å²) in [6.45, 7) is 4.74. The summed E-state index contributed by atoms with van der Waals surface area (Å²) in [5.74, 6) is 0. The van der Waals surface area contributed by atoms with Gasteiger partial charge in [0.15, 0.2) is 0 Å². The highest BCUT2D eigenvalue weighted by Gasteiger charge is 2.36. The molecule has 2 heteroatoms. The van der Waals surface area contributed by atoms with Gasteiger partial charge in [-0.25, -0.2) is 0 Å². The minimum atomic E-state index is -0.0834. The van der Waals surface area contributed by atoms with E-state index in [1.165, 1.54) is 91.8 Å². The maximum absolute atomic E-state index is 2.53. The number of rotatable bonds is 3. The molecule has 10 rings (SSSR count). The van der Waals surface area contributed by atoms with Crippen molar-refractivity contribution in [1.82, 2.24) is 0 Å². The Labute approximate surface area is 265 Å². The van der Waals surface area contributed by atoms with E-state index in [4.69, 9.17) is 0 Å². The Morgan fingerprint density at radius 3 is 2.07 bits per heavy atom. The van der Waals surface area contributed by atoms with Gasteiger partial charge in [-0.15, -0.1) is 11.3 Å². The molecule has 0 amide bonds. The summed E-state index contributed by atoms with van der Waals surface area (Å²) < 4.78 is 2.63. The molecule has 0 saturated carbocycles. The summed E-state index contributed by atoms with van der Waals surface area (Å²) >= 11 is 1.89. The molecule has 1 aliphatic carbocycles. The van der Waals surface area contributed by atoms with Crippen LogP contribution in [0.3, 0.4) is 0 Å². The number of hydrogen-bond donors (Lipinski definition) is 0. The van der Waals surface area contributed by atoms with E-state index >= 15 is 0 Å². The Morgan fingerprint density at radius 1 is 0.489 bits per heavy atom. The third kappa shape index (κ3) is 3.38. The Kier molecular flexibility index (Phi) is 5.00. The highest BCUT2D eigenvalue weighted by molar-refractivity contribution is 7.26. The lowest BCUT2D eigenvalue weighted by Gasteiger charge is -2.30. The summed E-state index contributed by atoms with van der Waals surface area (Å²) in [6, 6.07) is 52.2. The van der Waals surface area contributed by atoms with Gasteiger partial charge in [-0.2, -0.15) is 0 Å². The molecule has 8 aromatic carbocycles. The average molecular weight is 592 g/mol. The molecule has 0 spiro atoms. The molecule has 0 saturated heterocycles. The van der Waals surface area contributed by atoms with Gasteiger partial charge in [0.1, 0.15) is 0 Å². The number of fused-ring (bicyclic) bond motifs is 6. The molecule has 0 unspecified atom stereocenters. The number of nitrogens with zero attached hydrogens (tertiary/aromatic N) is 1. The molecule has 1 heterocycles. The molecule has 1 aliphatic rings. The summed E-state index contributed by atoms with van der Waals surface area (Å²) in [5.41, 5.74) is 9.01. The molecule has 0 radical (unpaired) electrons. The second-order valence-electron chi connectivity index (χ2n) is 12.9. The topological polar surface area (TPSA) is 3.24 Å². The molecule has 0 fully saturated rings. The SMILES string of the molecule is CC1(C)c2ccccc2-c2ccc(N(c3ccc4ccc5cccc6ccc3c4c56)c3cccc4c3sc3ccccc34)cc21. The van der Waals surface area contributed by atoms with Gasteiger partial charge >= 0.3 is 0 Å². The highest BCUT2D eigenvalue weighted by atomic mass is 32.1. The van der Waals surface area contributed by atoms with Crippen LogP contribution < -0.4 is 4.90 Å². The first-order valence-corrected chi connectivity index (χ1v) is 16.5. The molecule has 212 valence electrons. The van der Waals surface area contributed by atoms with Crippen molar-refractivity contribution in [3.63, 3.8) is 0 Å². The molecule has 0 bridgehead atoms. The Hall–Kier alpha value is -5.18. The number of hydrogen-bond acceptors (Lipinski definition) is 2. The minimum Gasteiger partial charge on any atom is -0.308 e. The van der Waals surface area contributed by atoms with Crippen LogP contribution in [-0.4, -0.2) is 0 Å². The van der Waals surface area contributed by atoms with Gasteiger partial charge in [0.05, 0.1) is 16.1 Å². The molecule has 45 heavy (non-hydrogen) atoms. The van der Waals surface area contributed by atoms with Crippen molar-refractivity contribution in [2.24, 2.45) is 0 Å². The van der Waals surface area contributed by atoms with E-state index in [2.05, 4.69) is 158 Å². The first-order valence-electron chi connectivity index (χ1n) is 15.7. The van der Waals surface area contributed by atoms with Crippen molar-refractivity contribution in [1.29, 1.82) is 0 Å². The number of anilines is 3. The second-order valence-corrected chi connectivity index (χ2v) is 14.0. The van der Waals surface area contributed by atoms with Crippen molar-refractivity contribution in [2.45, 2.75) is 19.3 Å². The fourth-order valence-electron chi connectivity index (χ4n) is 8.06. The van der Waals surface area contributed by atoms with E-state index in [1.807, 2.05) is 11.3 Å². The molecule has 0 N–H and O–H groups in total. The van der Waals surface area contributed by atoms with Crippen LogP contribution in [0.4, 0.5) is 17.1 Å². The van der Waals surface area contributed by atoms with Gasteiger partial charge in [0, 0.05) is 32.0 Å². The Morgan fingerprint density at radius 2 is 1.18 bits per heavy atom. The van der Waals surface area contributed by atoms with Gasteiger partial charge < -0.3 is 4.90 Å². The molecular formula is C43H29NS. The van der Waals surface area contributed by atoms with E-state index in [0.717, 1.165) is 0 Å². The van der Waals surface area contributed by atoms with E-state index < -0.39 is 0 Å². The predicted molar refractivity (Wildman–Crippen MR) is 195 cm³/mol. The Bertz CT molecular complexity index is 2620. The van der Waals surface area contributed by atoms with Gasteiger partial charge in [-0.05, 0) is 79.5 Å². The molecule has 1 aromatic heterocycles. The van der Waals surface area contributed by atoms with Gasteiger partial charge in [0.25, 0.3) is 0 Å². The smallest absolute Gasteiger partial charge is 0.0640 e. The highest BCUT2D eigenvalue weighted by Crippen LogP contribution is 2.53. The van der Waals surface area contributed by atoms with Crippen molar-refractivity contribution >= 4 is 80.9 Å². The van der Waals surface area contributed by atoms with Crippen LogP contribution in [0, 0.1) is 0 Å². The maximum Gasteiger partial charge on any atom is 0.0640 e. The summed E-state index contributed by atoms with van der Waals surface area (Å²) in [4.78, 5) is 2.53. The van der Waals surface area contributed by atoms with Crippen LogP contribution in [0.5, 0.6) is 0 Å². The van der Waals surface area contributed by atoms with Crippen molar-refractivity contribution in [3.8, 4) is 11.1 Å².